The highest BCUT2D eigenvalue weighted by Crippen LogP contribution is 2.31. The molecule has 5 heteroatoms. The lowest BCUT2D eigenvalue weighted by Crippen LogP contribution is -2.19. The Bertz CT molecular complexity index is 600. The maximum atomic E-state index is 11.2. The molecule has 1 atom stereocenters. The van der Waals surface area contributed by atoms with E-state index in [-0.39, 0.29) is 11.8 Å². The number of carbonyl (C=O) groups is 1. The summed E-state index contributed by atoms with van der Waals surface area (Å²) in [7, 11) is 0. The number of aromatic nitrogens is 3. The number of nitrogens with zero attached hydrogens (tertiary/aromatic N) is 3. The van der Waals surface area contributed by atoms with Gasteiger partial charge in [-0.05, 0) is 31.7 Å². The van der Waals surface area contributed by atoms with Crippen LogP contribution in [0.1, 0.15) is 31.4 Å². The van der Waals surface area contributed by atoms with Crippen LogP contribution in [0, 0.1) is 5.92 Å². The first-order valence-corrected chi connectivity index (χ1v) is 6.26. The maximum absolute atomic E-state index is 11.2. The maximum Gasteiger partial charge on any atom is 0.226 e. The molecule has 2 heterocycles. The molecule has 0 bridgehead atoms. The molecule has 1 aliphatic carbocycles. The minimum absolute atomic E-state index is 0.354. The summed E-state index contributed by atoms with van der Waals surface area (Å²) in [5.74, 6) is 0.0609. The van der Waals surface area contributed by atoms with E-state index in [1.54, 1.807) is 13.1 Å². The smallest absolute Gasteiger partial charge is 0.226 e. The summed E-state index contributed by atoms with van der Waals surface area (Å²) < 4.78 is 2.00. The highest BCUT2D eigenvalue weighted by Gasteiger charge is 2.23. The van der Waals surface area contributed by atoms with Crippen molar-refractivity contribution in [2.75, 3.05) is 0 Å². The summed E-state index contributed by atoms with van der Waals surface area (Å²) in [6.45, 7) is 2.74. The Kier molecular flexibility index (Phi) is 2.54. The SMILES string of the molecule is CC(C(N)=O)c1cc2cnn(CC3CC3)c2cn1. The van der Waals surface area contributed by atoms with Gasteiger partial charge in [-0.15, -0.1) is 0 Å². The normalized spacial score (nSPS) is 16.9. The van der Waals surface area contributed by atoms with Gasteiger partial charge in [0.05, 0.1) is 29.5 Å². The van der Waals surface area contributed by atoms with Gasteiger partial charge in [-0.3, -0.25) is 14.5 Å². The molecule has 5 nitrogen and oxygen atoms in total. The molecular weight excluding hydrogens is 228 g/mol. The second-order valence-electron chi connectivity index (χ2n) is 5.06. The van der Waals surface area contributed by atoms with Gasteiger partial charge in [-0.25, -0.2) is 0 Å². The topological polar surface area (TPSA) is 73.8 Å². The molecule has 1 saturated carbocycles. The van der Waals surface area contributed by atoms with E-state index in [9.17, 15) is 4.79 Å². The number of nitrogens with two attached hydrogens (primary N) is 1. The van der Waals surface area contributed by atoms with Gasteiger partial charge in [0, 0.05) is 11.9 Å². The van der Waals surface area contributed by atoms with Crippen molar-refractivity contribution in [1.82, 2.24) is 14.8 Å². The van der Waals surface area contributed by atoms with Crippen molar-refractivity contribution in [1.29, 1.82) is 0 Å². The van der Waals surface area contributed by atoms with Crippen LogP contribution < -0.4 is 5.73 Å². The quantitative estimate of drug-likeness (QED) is 0.884. The molecular formula is C13H16N4O. The van der Waals surface area contributed by atoms with Crippen molar-refractivity contribution in [3.8, 4) is 0 Å². The molecule has 0 radical (unpaired) electrons. The molecule has 18 heavy (non-hydrogen) atoms. The molecule has 2 aromatic heterocycles. The van der Waals surface area contributed by atoms with Gasteiger partial charge < -0.3 is 5.73 Å². The predicted octanol–water partition coefficient (Wildman–Crippen LogP) is 1.43. The van der Waals surface area contributed by atoms with Gasteiger partial charge in [0.15, 0.2) is 0 Å². The number of amides is 1. The number of fused-ring (bicyclic) bond motifs is 1. The van der Waals surface area contributed by atoms with Crippen molar-refractivity contribution in [2.45, 2.75) is 32.2 Å². The summed E-state index contributed by atoms with van der Waals surface area (Å²) in [6, 6.07) is 1.90. The molecule has 0 spiro atoms. The van der Waals surface area contributed by atoms with Crippen molar-refractivity contribution in [3.05, 3.63) is 24.2 Å². The lowest BCUT2D eigenvalue weighted by molar-refractivity contribution is -0.119. The Balaban J connectivity index is 1.95. The van der Waals surface area contributed by atoms with Gasteiger partial charge in [-0.2, -0.15) is 5.10 Å². The van der Waals surface area contributed by atoms with E-state index in [4.69, 9.17) is 5.73 Å². The van der Waals surface area contributed by atoms with E-state index in [1.165, 1.54) is 12.8 Å². The molecule has 94 valence electrons. The van der Waals surface area contributed by atoms with E-state index in [0.29, 0.717) is 5.69 Å². The average molecular weight is 244 g/mol. The van der Waals surface area contributed by atoms with E-state index >= 15 is 0 Å². The molecule has 1 unspecified atom stereocenters. The molecule has 1 aliphatic rings. The summed E-state index contributed by atoms with van der Waals surface area (Å²) in [6.07, 6.45) is 6.22. The lowest BCUT2D eigenvalue weighted by Gasteiger charge is -2.07. The number of pyridine rings is 1. The van der Waals surface area contributed by atoms with Crippen LogP contribution in [0.5, 0.6) is 0 Å². The number of primary amides is 1. The Hall–Kier alpha value is -1.91. The first-order chi connectivity index (χ1) is 8.65. The van der Waals surface area contributed by atoms with Crippen molar-refractivity contribution >= 4 is 16.8 Å². The second-order valence-corrected chi connectivity index (χ2v) is 5.06. The highest BCUT2D eigenvalue weighted by atomic mass is 16.1. The summed E-state index contributed by atoms with van der Waals surface area (Å²) >= 11 is 0. The Morgan fingerprint density at radius 3 is 3.00 bits per heavy atom. The molecule has 0 aromatic carbocycles. The van der Waals surface area contributed by atoms with E-state index in [2.05, 4.69) is 10.1 Å². The van der Waals surface area contributed by atoms with Crippen molar-refractivity contribution < 1.29 is 4.79 Å². The number of hydrogen-bond donors (Lipinski definition) is 1. The van der Waals surface area contributed by atoms with Crippen LogP contribution in [-0.2, 0) is 11.3 Å². The van der Waals surface area contributed by atoms with Gasteiger partial charge in [0.1, 0.15) is 0 Å². The van der Waals surface area contributed by atoms with Crippen LogP contribution in [0.4, 0.5) is 0 Å². The van der Waals surface area contributed by atoms with E-state index in [1.807, 2.05) is 16.9 Å². The molecule has 2 N–H and O–H groups in total. The Morgan fingerprint density at radius 2 is 2.33 bits per heavy atom. The summed E-state index contributed by atoms with van der Waals surface area (Å²) in [5, 5.41) is 5.40. The average Bonchev–Trinajstić information content (AvgIpc) is 3.08. The zero-order valence-electron chi connectivity index (χ0n) is 10.3. The van der Waals surface area contributed by atoms with Gasteiger partial charge in [-0.1, -0.05) is 0 Å². The van der Waals surface area contributed by atoms with E-state index < -0.39 is 0 Å². The number of carbonyl (C=O) groups excluding carboxylic acids is 1. The third-order valence-corrected chi connectivity index (χ3v) is 3.55. The van der Waals surface area contributed by atoms with Gasteiger partial charge in [0.2, 0.25) is 5.91 Å². The fourth-order valence-electron chi connectivity index (χ4n) is 2.07. The zero-order chi connectivity index (χ0) is 12.7. The lowest BCUT2D eigenvalue weighted by atomic mass is 10.1. The molecule has 0 saturated heterocycles. The Morgan fingerprint density at radius 1 is 1.56 bits per heavy atom. The van der Waals surface area contributed by atoms with Crippen LogP contribution in [0.25, 0.3) is 10.9 Å². The van der Waals surface area contributed by atoms with Crippen LogP contribution in [0.15, 0.2) is 18.5 Å². The minimum atomic E-state index is -0.360. The molecule has 1 fully saturated rings. The summed E-state index contributed by atoms with van der Waals surface area (Å²) in [4.78, 5) is 15.5. The third kappa shape index (κ3) is 1.96. The monoisotopic (exact) mass is 244 g/mol. The third-order valence-electron chi connectivity index (χ3n) is 3.55. The standard InChI is InChI=1S/C13H16N4O/c1-8(13(14)18)11-4-10-5-16-17(7-9-2-3-9)12(10)6-15-11/h4-6,8-9H,2-3,7H2,1H3,(H2,14,18). The van der Waals surface area contributed by atoms with Crippen LogP contribution in [-0.4, -0.2) is 20.7 Å². The zero-order valence-corrected chi connectivity index (χ0v) is 10.3. The fraction of sp³-hybridized carbons (Fsp3) is 0.462. The predicted molar refractivity (Wildman–Crippen MR) is 67.9 cm³/mol. The minimum Gasteiger partial charge on any atom is -0.369 e. The number of rotatable bonds is 4. The summed E-state index contributed by atoms with van der Waals surface area (Å²) in [5.41, 5.74) is 7.03. The first-order valence-electron chi connectivity index (χ1n) is 6.26. The largest absolute Gasteiger partial charge is 0.369 e. The fourth-order valence-corrected chi connectivity index (χ4v) is 2.07. The van der Waals surface area contributed by atoms with Gasteiger partial charge in [0.25, 0.3) is 0 Å². The van der Waals surface area contributed by atoms with Crippen LogP contribution in [0.2, 0.25) is 0 Å². The molecule has 3 rings (SSSR count). The molecule has 2 aromatic rings. The van der Waals surface area contributed by atoms with Crippen LogP contribution in [0.3, 0.4) is 0 Å². The number of hydrogen-bond acceptors (Lipinski definition) is 3. The molecule has 1 amide bonds. The first kappa shape index (κ1) is 11.2. The van der Waals surface area contributed by atoms with Crippen LogP contribution >= 0.6 is 0 Å². The van der Waals surface area contributed by atoms with E-state index in [0.717, 1.165) is 23.4 Å². The molecule has 0 aliphatic heterocycles. The highest BCUT2D eigenvalue weighted by molar-refractivity contribution is 5.83. The Labute approximate surface area is 105 Å². The van der Waals surface area contributed by atoms with Crippen molar-refractivity contribution in [3.63, 3.8) is 0 Å². The van der Waals surface area contributed by atoms with Crippen molar-refractivity contribution in [2.24, 2.45) is 11.7 Å². The van der Waals surface area contributed by atoms with Gasteiger partial charge >= 0.3 is 0 Å². The second kappa shape index (κ2) is 4.08.